The second-order valence-corrected chi connectivity index (χ2v) is 7.38. The van der Waals surface area contributed by atoms with Crippen molar-refractivity contribution in [3.05, 3.63) is 46.8 Å². The van der Waals surface area contributed by atoms with Gasteiger partial charge in [-0.2, -0.15) is 5.10 Å². The summed E-state index contributed by atoms with van der Waals surface area (Å²) in [6.45, 7) is 9.28. The van der Waals surface area contributed by atoms with Gasteiger partial charge in [-0.1, -0.05) is 12.1 Å². The summed E-state index contributed by atoms with van der Waals surface area (Å²) in [5.41, 5.74) is 5.04. The summed E-state index contributed by atoms with van der Waals surface area (Å²) in [5.74, 6) is 0.0349. The number of anilines is 1. The molecular formula is C20H26N4O2. The predicted octanol–water partition coefficient (Wildman–Crippen LogP) is 2.70. The van der Waals surface area contributed by atoms with E-state index in [2.05, 4.69) is 46.3 Å². The van der Waals surface area contributed by atoms with Gasteiger partial charge in [-0.05, 0) is 38.5 Å². The molecule has 0 saturated carbocycles. The molecule has 0 aliphatic carbocycles. The normalized spacial score (nSPS) is 23.0. The average molecular weight is 354 g/mol. The molecule has 2 aliphatic heterocycles. The first kappa shape index (κ1) is 17.1. The number of hydrogen-bond donors (Lipinski definition) is 1. The zero-order valence-electron chi connectivity index (χ0n) is 15.7. The number of H-pyrrole nitrogens is 1. The number of amides is 1. The van der Waals surface area contributed by atoms with Gasteiger partial charge in [-0.25, -0.2) is 0 Å². The Hall–Kier alpha value is -2.34. The van der Waals surface area contributed by atoms with Gasteiger partial charge in [0, 0.05) is 43.9 Å². The summed E-state index contributed by atoms with van der Waals surface area (Å²) < 4.78 is 5.82. The van der Waals surface area contributed by atoms with Gasteiger partial charge in [0.2, 0.25) is 0 Å². The zero-order valence-corrected chi connectivity index (χ0v) is 15.7. The second kappa shape index (κ2) is 6.76. The molecule has 6 nitrogen and oxygen atoms in total. The molecule has 4 rings (SSSR count). The number of rotatable bonds is 2. The molecule has 1 amide bonds. The molecule has 3 heterocycles. The summed E-state index contributed by atoms with van der Waals surface area (Å²) in [7, 11) is 0. The highest BCUT2D eigenvalue weighted by molar-refractivity contribution is 5.94. The van der Waals surface area contributed by atoms with Gasteiger partial charge in [-0.3, -0.25) is 9.89 Å². The number of carbonyl (C=O) groups excluding carboxylic acids is 1. The highest BCUT2D eigenvalue weighted by Crippen LogP contribution is 2.30. The van der Waals surface area contributed by atoms with Gasteiger partial charge in [0.15, 0.2) is 5.69 Å². The number of aromatic nitrogens is 2. The average Bonchev–Trinajstić information content (AvgIpc) is 3.05. The number of nitrogens with zero attached hydrogens (tertiary/aromatic N) is 3. The Morgan fingerprint density at radius 1 is 1.23 bits per heavy atom. The maximum atomic E-state index is 13.0. The van der Waals surface area contributed by atoms with E-state index in [1.54, 1.807) is 0 Å². The fourth-order valence-electron chi connectivity index (χ4n) is 3.99. The van der Waals surface area contributed by atoms with E-state index in [0.717, 1.165) is 43.9 Å². The van der Waals surface area contributed by atoms with E-state index >= 15 is 0 Å². The molecule has 6 heteroatoms. The number of aryl methyl sites for hydroxylation is 1. The van der Waals surface area contributed by atoms with Crippen LogP contribution in [0.15, 0.2) is 24.3 Å². The first-order valence-electron chi connectivity index (χ1n) is 9.36. The van der Waals surface area contributed by atoms with Gasteiger partial charge in [0.25, 0.3) is 5.91 Å². The number of piperazine rings is 1. The van der Waals surface area contributed by atoms with Crippen LogP contribution in [-0.2, 0) is 11.2 Å². The maximum Gasteiger partial charge on any atom is 0.274 e. The zero-order chi connectivity index (χ0) is 18.3. The molecule has 2 atom stereocenters. The van der Waals surface area contributed by atoms with Gasteiger partial charge in [0.05, 0.1) is 17.9 Å². The van der Waals surface area contributed by atoms with Crippen molar-refractivity contribution in [3.8, 4) is 0 Å². The lowest BCUT2D eigenvalue weighted by Crippen LogP contribution is -2.49. The van der Waals surface area contributed by atoms with Crippen molar-refractivity contribution in [1.29, 1.82) is 0 Å². The second-order valence-electron chi connectivity index (χ2n) is 7.38. The summed E-state index contributed by atoms with van der Waals surface area (Å²) in [5, 5.41) is 7.36. The van der Waals surface area contributed by atoms with Crippen LogP contribution in [0.25, 0.3) is 0 Å². The monoisotopic (exact) mass is 354 g/mol. The molecule has 138 valence electrons. The van der Waals surface area contributed by atoms with Gasteiger partial charge in [0.1, 0.15) is 0 Å². The number of carbonyl (C=O) groups is 1. The van der Waals surface area contributed by atoms with Crippen molar-refractivity contribution in [3.63, 3.8) is 0 Å². The van der Waals surface area contributed by atoms with Crippen LogP contribution < -0.4 is 4.90 Å². The molecule has 1 aromatic carbocycles. The minimum absolute atomic E-state index is 0.0349. The molecule has 1 aromatic heterocycles. The minimum atomic E-state index is -0.0408. The number of fused-ring (bicyclic) bond motifs is 1. The summed E-state index contributed by atoms with van der Waals surface area (Å²) in [4.78, 5) is 17.3. The lowest BCUT2D eigenvalue weighted by atomic mass is 9.99. The van der Waals surface area contributed by atoms with E-state index in [9.17, 15) is 4.79 Å². The smallest absolute Gasteiger partial charge is 0.274 e. The lowest BCUT2D eigenvalue weighted by Gasteiger charge is -2.36. The first-order valence-corrected chi connectivity index (χ1v) is 9.36. The van der Waals surface area contributed by atoms with Crippen molar-refractivity contribution in [2.24, 2.45) is 0 Å². The van der Waals surface area contributed by atoms with Gasteiger partial charge >= 0.3 is 0 Å². The van der Waals surface area contributed by atoms with Gasteiger partial charge < -0.3 is 14.5 Å². The molecule has 2 aromatic rings. The van der Waals surface area contributed by atoms with Gasteiger partial charge in [-0.15, -0.1) is 0 Å². The Morgan fingerprint density at radius 2 is 2.00 bits per heavy atom. The van der Waals surface area contributed by atoms with Crippen molar-refractivity contribution < 1.29 is 9.53 Å². The van der Waals surface area contributed by atoms with Crippen LogP contribution in [0.3, 0.4) is 0 Å². The molecule has 0 spiro atoms. The van der Waals surface area contributed by atoms with Crippen LogP contribution in [0.1, 0.15) is 47.3 Å². The molecule has 2 aliphatic rings. The van der Waals surface area contributed by atoms with E-state index in [0.29, 0.717) is 5.69 Å². The lowest BCUT2D eigenvalue weighted by molar-refractivity contribution is -0.00702. The van der Waals surface area contributed by atoms with Crippen LogP contribution >= 0.6 is 0 Å². The number of ether oxygens (including phenoxy) is 1. The van der Waals surface area contributed by atoms with Crippen LogP contribution in [0.5, 0.6) is 0 Å². The van der Waals surface area contributed by atoms with E-state index < -0.39 is 0 Å². The predicted molar refractivity (Wildman–Crippen MR) is 101 cm³/mol. The molecule has 0 radical (unpaired) electrons. The minimum Gasteiger partial charge on any atom is -0.369 e. The van der Waals surface area contributed by atoms with Crippen molar-refractivity contribution in [2.45, 2.75) is 39.4 Å². The van der Waals surface area contributed by atoms with E-state index in [4.69, 9.17) is 4.74 Å². The summed E-state index contributed by atoms with van der Waals surface area (Å²) >= 11 is 0. The number of hydrogen-bond acceptors (Lipinski definition) is 4. The highest BCUT2D eigenvalue weighted by atomic mass is 16.5. The van der Waals surface area contributed by atoms with E-state index in [1.807, 2.05) is 18.7 Å². The Morgan fingerprint density at radius 3 is 2.73 bits per heavy atom. The quantitative estimate of drug-likeness (QED) is 0.901. The Bertz CT molecular complexity index is 808. The summed E-state index contributed by atoms with van der Waals surface area (Å²) in [6.07, 6.45) is 0.807. The largest absolute Gasteiger partial charge is 0.369 e. The van der Waals surface area contributed by atoms with Crippen LogP contribution in [-0.4, -0.2) is 53.3 Å². The standard InChI is InChI=1S/C20H26N4O2/c1-13-5-4-6-16(11-13)23-7-9-24(10-8-23)20(25)19-17-12-14(2)26-15(3)18(17)21-22-19/h4-6,11,14-15H,7-10,12H2,1-3H3,(H,21,22)/t14-,15+/m1/s1. The maximum absolute atomic E-state index is 13.0. The number of benzene rings is 1. The molecule has 1 saturated heterocycles. The number of nitrogens with one attached hydrogen (secondary N) is 1. The third-order valence-corrected chi connectivity index (χ3v) is 5.37. The summed E-state index contributed by atoms with van der Waals surface area (Å²) in [6, 6.07) is 8.53. The fourth-order valence-corrected chi connectivity index (χ4v) is 3.99. The highest BCUT2D eigenvalue weighted by Gasteiger charge is 2.32. The molecule has 0 bridgehead atoms. The van der Waals surface area contributed by atoms with Crippen LogP contribution in [0.4, 0.5) is 5.69 Å². The van der Waals surface area contributed by atoms with Crippen LogP contribution in [0, 0.1) is 6.92 Å². The topological polar surface area (TPSA) is 61.5 Å². The van der Waals surface area contributed by atoms with Crippen molar-refractivity contribution >= 4 is 11.6 Å². The first-order chi connectivity index (χ1) is 12.5. The third-order valence-electron chi connectivity index (χ3n) is 5.37. The third kappa shape index (κ3) is 3.09. The molecule has 26 heavy (non-hydrogen) atoms. The Labute approximate surface area is 154 Å². The number of aromatic amines is 1. The fraction of sp³-hybridized carbons (Fsp3) is 0.500. The molecular weight excluding hydrogens is 328 g/mol. The molecule has 0 unspecified atom stereocenters. The van der Waals surface area contributed by atoms with Crippen molar-refractivity contribution in [1.82, 2.24) is 15.1 Å². The SMILES string of the molecule is Cc1cccc(N2CCN(C(=O)c3n[nH]c4c3C[C@@H](C)O[C@H]4C)CC2)c1. The molecule has 1 fully saturated rings. The Kier molecular flexibility index (Phi) is 4.44. The Balaban J connectivity index is 1.46. The molecule has 1 N–H and O–H groups in total. The van der Waals surface area contributed by atoms with E-state index in [1.165, 1.54) is 11.3 Å². The van der Waals surface area contributed by atoms with Crippen LogP contribution in [0.2, 0.25) is 0 Å². The van der Waals surface area contributed by atoms with Crippen molar-refractivity contribution in [2.75, 3.05) is 31.1 Å². The van der Waals surface area contributed by atoms with E-state index in [-0.39, 0.29) is 18.1 Å².